The second kappa shape index (κ2) is 5.80. The quantitative estimate of drug-likeness (QED) is 0.787. The molecule has 3 heterocycles. The van der Waals surface area contributed by atoms with Gasteiger partial charge in [-0.25, -0.2) is 9.97 Å². The molecule has 0 atom stereocenters. The molecule has 5 nitrogen and oxygen atoms in total. The van der Waals surface area contributed by atoms with Gasteiger partial charge in [0, 0.05) is 31.8 Å². The van der Waals surface area contributed by atoms with Crippen molar-refractivity contribution < 1.29 is 13.2 Å². The summed E-state index contributed by atoms with van der Waals surface area (Å²) in [5.41, 5.74) is -0.793. The molecule has 122 valence electrons. The van der Waals surface area contributed by atoms with Crippen LogP contribution in [0.5, 0.6) is 0 Å². The van der Waals surface area contributed by atoms with Gasteiger partial charge in [-0.3, -0.25) is 4.68 Å². The van der Waals surface area contributed by atoms with Crippen LogP contribution in [0.3, 0.4) is 0 Å². The van der Waals surface area contributed by atoms with E-state index >= 15 is 0 Å². The molecule has 3 rings (SSSR count). The number of halogens is 3. The number of nitrogens with one attached hydrogen (secondary N) is 1. The van der Waals surface area contributed by atoms with Crippen LogP contribution in [0.15, 0.2) is 17.6 Å². The highest BCUT2D eigenvalue weighted by Crippen LogP contribution is 2.31. The molecule has 0 aliphatic carbocycles. The zero-order valence-electron chi connectivity index (χ0n) is 12.5. The summed E-state index contributed by atoms with van der Waals surface area (Å²) in [6.07, 6.45) is -2.46. The van der Waals surface area contributed by atoms with E-state index in [0.717, 1.165) is 14.9 Å². The first-order valence-corrected chi connectivity index (χ1v) is 7.84. The largest absolute Gasteiger partial charge is 0.435 e. The van der Waals surface area contributed by atoms with E-state index in [-0.39, 0.29) is 12.1 Å². The van der Waals surface area contributed by atoms with Crippen molar-refractivity contribution in [2.75, 3.05) is 5.32 Å². The molecule has 3 aromatic rings. The normalized spacial score (nSPS) is 12.0. The summed E-state index contributed by atoms with van der Waals surface area (Å²) in [6.45, 7) is 1.93. The van der Waals surface area contributed by atoms with Crippen LogP contribution in [0, 0.1) is 0 Å². The lowest BCUT2D eigenvalue weighted by Crippen LogP contribution is -2.12. The fourth-order valence-electron chi connectivity index (χ4n) is 2.28. The van der Waals surface area contributed by atoms with Crippen molar-refractivity contribution in [3.05, 3.63) is 34.7 Å². The summed E-state index contributed by atoms with van der Waals surface area (Å²) in [6, 6.07) is 1.86. The van der Waals surface area contributed by atoms with Crippen molar-refractivity contribution in [1.82, 2.24) is 19.7 Å². The monoisotopic (exact) mass is 341 g/mol. The van der Waals surface area contributed by atoms with Gasteiger partial charge in [-0.1, -0.05) is 6.92 Å². The molecular weight excluding hydrogens is 327 g/mol. The number of hydrogen-bond donors (Lipinski definition) is 1. The van der Waals surface area contributed by atoms with Crippen LogP contribution in [0.2, 0.25) is 0 Å². The van der Waals surface area contributed by atoms with Crippen molar-refractivity contribution >= 4 is 27.4 Å². The first-order valence-electron chi connectivity index (χ1n) is 6.96. The molecule has 0 aliphatic heterocycles. The Kier molecular flexibility index (Phi) is 3.97. The fraction of sp³-hybridized carbons (Fsp3) is 0.357. The van der Waals surface area contributed by atoms with E-state index in [9.17, 15) is 13.2 Å². The fourth-order valence-corrected chi connectivity index (χ4v) is 3.06. The average molecular weight is 341 g/mol. The van der Waals surface area contributed by atoms with Crippen LogP contribution in [0.25, 0.3) is 10.2 Å². The Labute approximate surface area is 134 Å². The minimum absolute atomic E-state index is 0.00615. The first-order chi connectivity index (χ1) is 10.9. The molecule has 0 fully saturated rings. The van der Waals surface area contributed by atoms with Crippen molar-refractivity contribution in [1.29, 1.82) is 0 Å². The molecule has 0 radical (unpaired) electrons. The zero-order chi connectivity index (χ0) is 16.6. The molecule has 1 N–H and O–H groups in total. The molecule has 3 aromatic heterocycles. The summed E-state index contributed by atoms with van der Waals surface area (Å²) in [4.78, 5) is 9.60. The van der Waals surface area contributed by atoms with Gasteiger partial charge < -0.3 is 5.32 Å². The molecule has 0 aromatic carbocycles. The van der Waals surface area contributed by atoms with E-state index in [1.807, 2.05) is 18.4 Å². The Bertz CT molecular complexity index is 837. The standard InChI is InChI=1S/C14H14F3N5S/c1-3-10-19-12(9-4-5-23-13(9)20-10)18-6-8-7-22(2)21-11(8)14(15,16)17/h4-5,7H,3,6H2,1-2H3,(H,18,19,20). The number of thiophene rings is 1. The number of hydrogen-bond acceptors (Lipinski definition) is 5. The van der Waals surface area contributed by atoms with Gasteiger partial charge >= 0.3 is 6.18 Å². The molecule has 0 saturated carbocycles. The maximum absolute atomic E-state index is 13.0. The van der Waals surface area contributed by atoms with E-state index in [4.69, 9.17) is 0 Å². The van der Waals surface area contributed by atoms with E-state index in [1.54, 1.807) is 0 Å². The second-order valence-electron chi connectivity index (χ2n) is 5.01. The number of aryl methyl sites for hydroxylation is 2. The summed E-state index contributed by atoms with van der Waals surface area (Å²) < 4.78 is 40.1. The third-order valence-corrected chi connectivity index (χ3v) is 4.11. The molecular formula is C14H14F3N5S. The van der Waals surface area contributed by atoms with E-state index < -0.39 is 11.9 Å². The van der Waals surface area contributed by atoms with Gasteiger partial charge in [-0.15, -0.1) is 11.3 Å². The topological polar surface area (TPSA) is 55.6 Å². The van der Waals surface area contributed by atoms with Crippen LogP contribution >= 0.6 is 11.3 Å². The van der Waals surface area contributed by atoms with Gasteiger partial charge in [-0.2, -0.15) is 18.3 Å². The summed E-state index contributed by atoms with van der Waals surface area (Å²) in [5.74, 6) is 1.20. The minimum Gasteiger partial charge on any atom is -0.365 e. The lowest BCUT2D eigenvalue weighted by atomic mass is 10.2. The van der Waals surface area contributed by atoms with Gasteiger partial charge in [0.1, 0.15) is 16.5 Å². The van der Waals surface area contributed by atoms with Gasteiger partial charge in [0.15, 0.2) is 5.69 Å². The second-order valence-corrected chi connectivity index (χ2v) is 5.90. The molecule has 9 heteroatoms. The molecule has 0 bridgehead atoms. The Morgan fingerprint density at radius 2 is 2.09 bits per heavy atom. The Morgan fingerprint density at radius 1 is 1.30 bits per heavy atom. The summed E-state index contributed by atoms with van der Waals surface area (Å²) >= 11 is 1.48. The van der Waals surface area contributed by atoms with Crippen molar-refractivity contribution in [2.24, 2.45) is 7.05 Å². The SMILES string of the molecule is CCc1nc(NCc2cn(C)nc2C(F)(F)F)c2ccsc2n1. The molecule has 0 spiro atoms. The lowest BCUT2D eigenvalue weighted by molar-refractivity contribution is -0.142. The maximum atomic E-state index is 13.0. The third-order valence-electron chi connectivity index (χ3n) is 3.31. The molecule has 0 unspecified atom stereocenters. The van der Waals surface area contributed by atoms with Gasteiger partial charge in [0.05, 0.1) is 5.39 Å². The molecule has 0 saturated heterocycles. The number of anilines is 1. The Hall–Kier alpha value is -2.16. The van der Waals surface area contributed by atoms with E-state index in [0.29, 0.717) is 18.1 Å². The number of nitrogens with zero attached hydrogens (tertiary/aromatic N) is 4. The number of fused-ring (bicyclic) bond motifs is 1. The minimum atomic E-state index is -4.48. The van der Waals surface area contributed by atoms with Crippen LogP contribution in [0.4, 0.5) is 19.0 Å². The van der Waals surface area contributed by atoms with Crippen molar-refractivity contribution in [2.45, 2.75) is 26.1 Å². The van der Waals surface area contributed by atoms with Gasteiger partial charge in [0.2, 0.25) is 0 Å². The Morgan fingerprint density at radius 3 is 2.78 bits per heavy atom. The highest BCUT2D eigenvalue weighted by Gasteiger charge is 2.36. The average Bonchev–Trinajstić information content (AvgIpc) is 3.10. The summed E-state index contributed by atoms with van der Waals surface area (Å²) in [5, 5.41) is 9.19. The van der Waals surface area contributed by atoms with Gasteiger partial charge in [-0.05, 0) is 11.4 Å². The van der Waals surface area contributed by atoms with Crippen LogP contribution in [-0.4, -0.2) is 19.7 Å². The molecule has 0 amide bonds. The predicted octanol–water partition coefficient (Wildman–Crippen LogP) is 3.62. The molecule has 0 aliphatic rings. The Balaban J connectivity index is 1.91. The van der Waals surface area contributed by atoms with E-state index in [1.165, 1.54) is 24.6 Å². The third kappa shape index (κ3) is 3.14. The number of aromatic nitrogens is 4. The maximum Gasteiger partial charge on any atom is 0.435 e. The zero-order valence-corrected chi connectivity index (χ0v) is 13.3. The highest BCUT2D eigenvalue weighted by atomic mass is 32.1. The van der Waals surface area contributed by atoms with Crippen LogP contribution in [-0.2, 0) is 26.2 Å². The van der Waals surface area contributed by atoms with Gasteiger partial charge in [0.25, 0.3) is 0 Å². The highest BCUT2D eigenvalue weighted by molar-refractivity contribution is 7.16. The smallest absolute Gasteiger partial charge is 0.365 e. The van der Waals surface area contributed by atoms with Crippen molar-refractivity contribution in [3.63, 3.8) is 0 Å². The number of rotatable bonds is 4. The van der Waals surface area contributed by atoms with Crippen molar-refractivity contribution in [3.8, 4) is 0 Å². The van der Waals surface area contributed by atoms with E-state index in [2.05, 4.69) is 20.4 Å². The van der Waals surface area contributed by atoms with Crippen LogP contribution < -0.4 is 5.32 Å². The predicted molar refractivity (Wildman–Crippen MR) is 82.3 cm³/mol. The number of alkyl halides is 3. The van der Waals surface area contributed by atoms with Crippen LogP contribution in [0.1, 0.15) is 24.0 Å². The molecule has 23 heavy (non-hydrogen) atoms. The first kappa shape index (κ1) is 15.7. The summed E-state index contributed by atoms with van der Waals surface area (Å²) in [7, 11) is 1.47. The lowest BCUT2D eigenvalue weighted by Gasteiger charge is -2.09.